The van der Waals surface area contributed by atoms with Gasteiger partial charge in [-0.05, 0) is 30.3 Å². The molecule has 3 heterocycles. The maximum atomic E-state index is 13.5. The summed E-state index contributed by atoms with van der Waals surface area (Å²) in [5.41, 5.74) is 6.38. The Balaban J connectivity index is 1.76. The second-order valence-corrected chi connectivity index (χ2v) is 6.08. The van der Waals surface area contributed by atoms with Gasteiger partial charge in [0.2, 0.25) is 11.8 Å². The fourth-order valence-corrected chi connectivity index (χ4v) is 2.99. The van der Waals surface area contributed by atoms with Crippen molar-refractivity contribution in [2.45, 2.75) is 13.0 Å². The molecule has 0 saturated heterocycles. The Morgan fingerprint density at radius 3 is 2.74 bits per heavy atom. The molecule has 4 aromatic rings. The highest BCUT2D eigenvalue weighted by Crippen LogP contribution is 2.35. The molecule has 0 spiro atoms. The van der Waals surface area contributed by atoms with Gasteiger partial charge >= 0.3 is 0 Å². The smallest absolute Gasteiger partial charge is 0.278 e. The molecule has 0 unspecified atom stereocenters. The highest BCUT2D eigenvalue weighted by molar-refractivity contribution is 6.38. The van der Waals surface area contributed by atoms with E-state index < -0.39 is 12.4 Å². The highest BCUT2D eigenvalue weighted by atomic mass is 35.5. The lowest BCUT2D eigenvalue weighted by molar-refractivity contribution is 0.141. The number of halogens is 4. The first-order chi connectivity index (χ1) is 12.9. The van der Waals surface area contributed by atoms with Crippen molar-refractivity contribution in [2.24, 2.45) is 0 Å². The first kappa shape index (κ1) is 17.3. The van der Waals surface area contributed by atoms with Gasteiger partial charge in [0.15, 0.2) is 0 Å². The Morgan fingerprint density at radius 1 is 1.19 bits per heavy atom. The molecule has 2 N–H and O–H groups in total. The van der Waals surface area contributed by atoms with Crippen LogP contribution in [0.3, 0.4) is 0 Å². The number of nitrogens with zero attached hydrogens (tertiary/aromatic N) is 4. The van der Waals surface area contributed by atoms with Crippen LogP contribution in [0, 0.1) is 5.95 Å². The van der Waals surface area contributed by atoms with Crippen LogP contribution in [0.2, 0.25) is 5.02 Å². The third-order valence-corrected chi connectivity index (χ3v) is 4.42. The number of hydrogen-bond donors (Lipinski definition) is 1. The minimum absolute atomic E-state index is 0.0122. The Labute approximate surface area is 155 Å². The topological polar surface area (TPSA) is 82.8 Å². The van der Waals surface area contributed by atoms with Crippen LogP contribution in [-0.2, 0) is 6.54 Å². The van der Waals surface area contributed by atoms with Crippen molar-refractivity contribution in [1.29, 1.82) is 0 Å². The predicted molar refractivity (Wildman–Crippen MR) is 92.9 cm³/mol. The zero-order valence-corrected chi connectivity index (χ0v) is 14.3. The van der Waals surface area contributed by atoms with Crippen LogP contribution in [0.25, 0.3) is 22.5 Å². The third-order valence-electron chi connectivity index (χ3n) is 4.00. The van der Waals surface area contributed by atoms with Gasteiger partial charge in [0.1, 0.15) is 12.2 Å². The summed E-state index contributed by atoms with van der Waals surface area (Å²) >= 11 is 6.14. The lowest BCUT2D eigenvalue weighted by Crippen LogP contribution is -2.05. The van der Waals surface area contributed by atoms with E-state index in [-0.39, 0.29) is 34.7 Å². The van der Waals surface area contributed by atoms with Crippen molar-refractivity contribution in [1.82, 2.24) is 19.7 Å². The number of aromatic nitrogens is 4. The van der Waals surface area contributed by atoms with Crippen LogP contribution in [-0.4, -0.2) is 19.7 Å². The van der Waals surface area contributed by atoms with E-state index in [9.17, 15) is 13.2 Å². The molecule has 3 aromatic heterocycles. The van der Waals surface area contributed by atoms with Crippen molar-refractivity contribution in [3.05, 3.63) is 59.0 Å². The van der Waals surface area contributed by atoms with Gasteiger partial charge < -0.3 is 14.7 Å². The number of nitrogens with two attached hydrogens (primary N) is 1. The van der Waals surface area contributed by atoms with E-state index in [0.29, 0.717) is 16.6 Å². The quantitative estimate of drug-likeness (QED) is 0.409. The normalized spacial score (nSPS) is 11.6. The van der Waals surface area contributed by atoms with E-state index in [0.717, 1.165) is 0 Å². The molecule has 0 aliphatic heterocycles. The number of alkyl halides is 2. The summed E-state index contributed by atoms with van der Waals surface area (Å²) in [7, 11) is 0. The van der Waals surface area contributed by atoms with E-state index in [1.807, 2.05) is 0 Å². The Hall–Kier alpha value is -3.07. The first-order valence-electron chi connectivity index (χ1n) is 7.74. The maximum absolute atomic E-state index is 13.5. The minimum atomic E-state index is -2.75. The summed E-state index contributed by atoms with van der Waals surface area (Å²) in [4.78, 5) is 3.65. The zero-order valence-electron chi connectivity index (χ0n) is 13.5. The number of pyridine rings is 1. The molecule has 0 aliphatic carbocycles. The van der Waals surface area contributed by atoms with Gasteiger partial charge in [0.05, 0.1) is 21.9 Å². The van der Waals surface area contributed by atoms with Gasteiger partial charge in [-0.25, -0.2) is 13.8 Å². The minimum Gasteiger partial charge on any atom is -0.417 e. The molecule has 6 nitrogen and oxygen atoms in total. The number of hydrogen-bond acceptors (Lipinski definition) is 5. The molecule has 0 amide bonds. The van der Waals surface area contributed by atoms with Gasteiger partial charge in [0.25, 0.3) is 12.3 Å². The molecule has 0 bridgehead atoms. The van der Waals surface area contributed by atoms with Gasteiger partial charge in [-0.2, -0.15) is 4.39 Å². The largest absolute Gasteiger partial charge is 0.417 e. The second-order valence-electron chi connectivity index (χ2n) is 5.70. The Bertz CT molecular complexity index is 1140. The fourth-order valence-electron chi connectivity index (χ4n) is 2.78. The van der Waals surface area contributed by atoms with Crippen LogP contribution in [0.5, 0.6) is 0 Å². The molecule has 0 radical (unpaired) electrons. The Morgan fingerprint density at radius 2 is 2.00 bits per heavy atom. The summed E-state index contributed by atoms with van der Waals surface area (Å²) < 4.78 is 47.0. The zero-order chi connectivity index (χ0) is 19.1. The molecule has 138 valence electrons. The first-order valence-corrected chi connectivity index (χ1v) is 8.12. The number of rotatable bonds is 4. The van der Waals surface area contributed by atoms with Crippen molar-refractivity contribution in [3.63, 3.8) is 0 Å². The van der Waals surface area contributed by atoms with E-state index in [2.05, 4.69) is 15.2 Å². The molecule has 1 aromatic carbocycles. The van der Waals surface area contributed by atoms with Gasteiger partial charge in [-0.1, -0.05) is 17.7 Å². The van der Waals surface area contributed by atoms with E-state index >= 15 is 0 Å². The van der Waals surface area contributed by atoms with Crippen LogP contribution < -0.4 is 5.73 Å². The SMILES string of the molecule is Nc1ccc2c(cc(C(F)F)n2Cc2nnc(-c3cccc(F)n3)o2)c1Cl. The van der Waals surface area contributed by atoms with Crippen LogP contribution in [0.1, 0.15) is 18.0 Å². The van der Waals surface area contributed by atoms with Crippen molar-refractivity contribution in [3.8, 4) is 11.6 Å². The summed E-state index contributed by atoms with van der Waals surface area (Å²) in [6.07, 6.45) is -2.75. The standard InChI is InChI=1S/C17H11ClF3N5O/c18-15-8-6-12(16(20)21)26(11(8)5-4-9(15)22)7-14-24-25-17(27-14)10-2-1-3-13(19)23-10/h1-6,16H,7,22H2. The second kappa shape index (κ2) is 6.58. The molecular weight excluding hydrogens is 383 g/mol. The average molecular weight is 394 g/mol. The van der Waals surface area contributed by atoms with Crippen LogP contribution in [0.15, 0.2) is 40.8 Å². The monoisotopic (exact) mass is 393 g/mol. The Kier molecular flexibility index (Phi) is 4.23. The number of nitrogen functional groups attached to an aromatic ring is 1. The summed E-state index contributed by atoms with van der Waals surface area (Å²) in [5, 5.41) is 8.24. The number of benzene rings is 1. The molecule has 0 aliphatic rings. The molecular formula is C17H11ClF3N5O. The molecule has 0 saturated carbocycles. The van der Waals surface area contributed by atoms with Crippen LogP contribution in [0.4, 0.5) is 18.9 Å². The highest BCUT2D eigenvalue weighted by Gasteiger charge is 2.21. The number of fused-ring (bicyclic) bond motifs is 1. The summed E-state index contributed by atoms with van der Waals surface area (Å²) in [6, 6.07) is 8.53. The van der Waals surface area contributed by atoms with Crippen molar-refractivity contribution < 1.29 is 17.6 Å². The van der Waals surface area contributed by atoms with Gasteiger partial charge in [-0.15, -0.1) is 10.2 Å². The summed E-state index contributed by atoms with van der Waals surface area (Å²) in [5.74, 6) is -0.652. The maximum Gasteiger partial charge on any atom is 0.278 e. The molecule has 27 heavy (non-hydrogen) atoms. The lowest BCUT2D eigenvalue weighted by atomic mass is 10.2. The molecule has 10 heteroatoms. The summed E-state index contributed by atoms with van der Waals surface area (Å²) in [6.45, 7) is -0.119. The molecule has 0 fully saturated rings. The van der Waals surface area contributed by atoms with Crippen molar-refractivity contribution in [2.75, 3.05) is 5.73 Å². The predicted octanol–water partition coefficient (Wildman–Crippen LogP) is 4.45. The fraction of sp³-hybridized carbons (Fsp3) is 0.118. The molecule has 0 atom stereocenters. The third kappa shape index (κ3) is 3.10. The van der Waals surface area contributed by atoms with E-state index in [4.69, 9.17) is 21.8 Å². The van der Waals surface area contributed by atoms with Crippen LogP contribution >= 0.6 is 11.6 Å². The number of anilines is 1. The van der Waals surface area contributed by atoms with E-state index in [1.165, 1.54) is 34.9 Å². The van der Waals surface area contributed by atoms with Gasteiger partial charge in [-0.3, -0.25) is 0 Å². The molecule has 4 rings (SSSR count). The van der Waals surface area contributed by atoms with E-state index in [1.54, 1.807) is 6.07 Å². The van der Waals surface area contributed by atoms with Gasteiger partial charge in [0, 0.05) is 5.39 Å². The lowest BCUT2D eigenvalue weighted by Gasteiger charge is -2.08. The van der Waals surface area contributed by atoms with Crippen molar-refractivity contribution >= 4 is 28.2 Å². The average Bonchev–Trinajstić information content (AvgIpc) is 3.24.